The lowest BCUT2D eigenvalue weighted by Gasteiger charge is -2.05. The fourth-order valence-electron chi connectivity index (χ4n) is 1.20. The van der Waals surface area contributed by atoms with Gasteiger partial charge in [-0.25, -0.2) is 0 Å². The topological polar surface area (TPSA) is 64.6 Å². The highest BCUT2D eigenvalue weighted by Gasteiger charge is 2.07. The highest BCUT2D eigenvalue weighted by atomic mass is 32.1. The van der Waals surface area contributed by atoms with Gasteiger partial charge in [-0.1, -0.05) is 6.07 Å². The minimum absolute atomic E-state index is 0.160. The molecule has 0 aliphatic rings. The van der Waals surface area contributed by atoms with E-state index in [9.17, 15) is 9.59 Å². The van der Waals surface area contributed by atoms with Crippen molar-refractivity contribution >= 4 is 23.2 Å². The van der Waals surface area contributed by atoms with Crippen molar-refractivity contribution in [2.24, 2.45) is 0 Å². The van der Waals surface area contributed by atoms with Gasteiger partial charge in [0, 0.05) is 13.2 Å². The van der Waals surface area contributed by atoms with Crippen LogP contribution in [0, 0.1) is 0 Å². The Bertz CT molecular complexity index is 364. The first-order valence-electron chi connectivity index (χ1n) is 5.79. The molecule has 6 heteroatoms. The van der Waals surface area contributed by atoms with E-state index in [2.05, 4.69) is 5.32 Å². The van der Waals surface area contributed by atoms with Crippen LogP contribution >= 0.6 is 11.3 Å². The summed E-state index contributed by atoms with van der Waals surface area (Å²) in [5.41, 5.74) is 0. The average molecular weight is 271 g/mol. The van der Waals surface area contributed by atoms with Crippen LogP contribution in [0.1, 0.15) is 23.0 Å². The Hall–Kier alpha value is -1.40. The minimum atomic E-state index is -0.332. The van der Waals surface area contributed by atoms with Gasteiger partial charge in [-0.3, -0.25) is 9.59 Å². The molecular formula is C12H17NO4S. The molecule has 0 saturated heterocycles. The van der Waals surface area contributed by atoms with Crippen LogP contribution in [0.2, 0.25) is 0 Å². The zero-order valence-electron chi connectivity index (χ0n) is 10.3. The zero-order chi connectivity index (χ0) is 13.2. The molecule has 1 N–H and O–H groups in total. The van der Waals surface area contributed by atoms with Crippen molar-refractivity contribution in [3.05, 3.63) is 22.4 Å². The van der Waals surface area contributed by atoms with Crippen molar-refractivity contribution < 1.29 is 19.1 Å². The first-order valence-corrected chi connectivity index (χ1v) is 6.67. The average Bonchev–Trinajstić information content (AvgIpc) is 2.88. The fourth-order valence-corrected chi connectivity index (χ4v) is 1.84. The van der Waals surface area contributed by atoms with Crippen LogP contribution in [0.5, 0.6) is 0 Å². The molecule has 18 heavy (non-hydrogen) atoms. The molecule has 0 aromatic carbocycles. The van der Waals surface area contributed by atoms with E-state index >= 15 is 0 Å². The summed E-state index contributed by atoms with van der Waals surface area (Å²) in [5.74, 6) is -0.492. The van der Waals surface area contributed by atoms with Gasteiger partial charge in [0.25, 0.3) is 5.91 Å². The number of esters is 1. The maximum atomic E-state index is 11.5. The first kappa shape index (κ1) is 14.7. The molecule has 0 bridgehead atoms. The maximum absolute atomic E-state index is 11.5. The van der Waals surface area contributed by atoms with E-state index in [1.165, 1.54) is 11.3 Å². The third kappa shape index (κ3) is 5.79. The Kier molecular flexibility index (Phi) is 7.05. The molecule has 0 fully saturated rings. The van der Waals surface area contributed by atoms with Crippen LogP contribution < -0.4 is 5.32 Å². The molecule has 0 radical (unpaired) electrons. The molecular weight excluding hydrogens is 254 g/mol. The fraction of sp³-hybridized carbons (Fsp3) is 0.500. The van der Waals surface area contributed by atoms with Crippen LogP contribution in [-0.4, -0.2) is 38.2 Å². The van der Waals surface area contributed by atoms with Crippen molar-refractivity contribution in [2.45, 2.75) is 13.3 Å². The number of hydrogen-bond donors (Lipinski definition) is 1. The second-order valence-electron chi connectivity index (χ2n) is 3.40. The van der Waals surface area contributed by atoms with Crippen molar-refractivity contribution in [3.8, 4) is 0 Å². The molecule has 0 saturated carbocycles. The van der Waals surface area contributed by atoms with Crippen LogP contribution in [0.25, 0.3) is 0 Å². The second-order valence-corrected chi connectivity index (χ2v) is 4.35. The molecule has 0 spiro atoms. The van der Waals surface area contributed by atoms with Crippen molar-refractivity contribution in [1.29, 1.82) is 0 Å². The molecule has 0 aliphatic heterocycles. The number of carbonyl (C=O) groups is 2. The largest absolute Gasteiger partial charge is 0.463 e. The van der Waals surface area contributed by atoms with Gasteiger partial charge < -0.3 is 14.8 Å². The van der Waals surface area contributed by atoms with Gasteiger partial charge in [0.2, 0.25) is 0 Å². The summed E-state index contributed by atoms with van der Waals surface area (Å²) in [6, 6.07) is 3.54. The first-order chi connectivity index (χ1) is 8.74. The lowest BCUT2D eigenvalue weighted by molar-refractivity contribution is -0.144. The van der Waals surface area contributed by atoms with Gasteiger partial charge >= 0.3 is 5.97 Å². The maximum Gasteiger partial charge on any atom is 0.307 e. The Morgan fingerprint density at radius 3 is 2.89 bits per heavy atom. The molecule has 1 aromatic heterocycles. The Morgan fingerprint density at radius 1 is 1.39 bits per heavy atom. The minimum Gasteiger partial charge on any atom is -0.463 e. The van der Waals surface area contributed by atoms with E-state index in [-0.39, 0.29) is 31.4 Å². The molecule has 1 aromatic rings. The quantitative estimate of drug-likeness (QED) is 0.574. The number of rotatable bonds is 8. The van der Waals surface area contributed by atoms with E-state index in [1.54, 1.807) is 6.07 Å². The molecule has 1 amide bonds. The number of carbonyl (C=O) groups excluding carboxylic acids is 2. The van der Waals surface area contributed by atoms with Crippen LogP contribution in [0.3, 0.4) is 0 Å². The Balaban J connectivity index is 2.07. The van der Waals surface area contributed by atoms with E-state index in [1.807, 2.05) is 18.4 Å². The zero-order valence-corrected chi connectivity index (χ0v) is 11.1. The summed E-state index contributed by atoms with van der Waals surface area (Å²) in [7, 11) is 0. The number of nitrogens with one attached hydrogen (secondary N) is 1. The summed E-state index contributed by atoms with van der Waals surface area (Å²) >= 11 is 1.36. The Labute approximate surface area is 110 Å². The summed E-state index contributed by atoms with van der Waals surface area (Å²) in [4.78, 5) is 23.4. The molecule has 5 nitrogen and oxygen atoms in total. The summed E-state index contributed by atoms with van der Waals surface area (Å²) in [6.07, 6.45) is 0.170. The van der Waals surface area contributed by atoms with Crippen molar-refractivity contribution in [1.82, 2.24) is 5.32 Å². The van der Waals surface area contributed by atoms with Gasteiger partial charge in [0.15, 0.2) is 0 Å². The van der Waals surface area contributed by atoms with Crippen molar-refractivity contribution in [2.75, 3.05) is 26.4 Å². The van der Waals surface area contributed by atoms with Gasteiger partial charge in [-0.05, 0) is 18.4 Å². The van der Waals surface area contributed by atoms with Gasteiger partial charge in [-0.15, -0.1) is 11.3 Å². The summed E-state index contributed by atoms with van der Waals surface area (Å²) in [6.45, 7) is 3.43. The third-order valence-corrected chi connectivity index (χ3v) is 2.92. The number of ether oxygens (including phenoxy) is 2. The lowest BCUT2D eigenvalue weighted by Crippen LogP contribution is -2.26. The molecule has 1 rings (SSSR count). The van der Waals surface area contributed by atoms with E-state index in [0.29, 0.717) is 18.1 Å². The SMILES string of the molecule is CCOCCOC(=O)CCNC(=O)c1cccs1. The molecule has 0 unspecified atom stereocenters. The summed E-state index contributed by atoms with van der Waals surface area (Å²) < 4.78 is 9.93. The standard InChI is InChI=1S/C12H17NO4S/c1-2-16-7-8-17-11(14)5-6-13-12(15)10-4-3-9-18-10/h3-4,9H,2,5-8H2,1H3,(H,13,15). The number of thiophene rings is 1. The number of amides is 1. The lowest BCUT2D eigenvalue weighted by atomic mass is 10.4. The van der Waals surface area contributed by atoms with Gasteiger partial charge in [-0.2, -0.15) is 0 Å². The molecule has 1 heterocycles. The normalized spacial score (nSPS) is 10.1. The number of hydrogen-bond acceptors (Lipinski definition) is 5. The van der Waals surface area contributed by atoms with Crippen LogP contribution in [-0.2, 0) is 14.3 Å². The van der Waals surface area contributed by atoms with Crippen LogP contribution in [0.15, 0.2) is 17.5 Å². The van der Waals surface area contributed by atoms with Crippen LogP contribution in [0.4, 0.5) is 0 Å². The van der Waals surface area contributed by atoms with E-state index in [0.717, 1.165) is 0 Å². The monoisotopic (exact) mass is 271 g/mol. The Morgan fingerprint density at radius 2 is 2.22 bits per heavy atom. The predicted molar refractivity (Wildman–Crippen MR) is 68.7 cm³/mol. The molecule has 100 valence electrons. The molecule has 0 atom stereocenters. The van der Waals surface area contributed by atoms with Crippen molar-refractivity contribution in [3.63, 3.8) is 0 Å². The smallest absolute Gasteiger partial charge is 0.307 e. The van der Waals surface area contributed by atoms with E-state index in [4.69, 9.17) is 9.47 Å². The summed E-state index contributed by atoms with van der Waals surface area (Å²) in [5, 5.41) is 4.49. The highest BCUT2D eigenvalue weighted by Crippen LogP contribution is 2.07. The third-order valence-electron chi connectivity index (χ3n) is 2.05. The van der Waals surface area contributed by atoms with Gasteiger partial charge in [0.1, 0.15) is 6.61 Å². The van der Waals surface area contributed by atoms with E-state index < -0.39 is 0 Å². The predicted octanol–water partition coefficient (Wildman–Crippen LogP) is 1.45. The second kappa shape index (κ2) is 8.66. The highest BCUT2D eigenvalue weighted by molar-refractivity contribution is 7.12. The van der Waals surface area contributed by atoms with Gasteiger partial charge in [0.05, 0.1) is 17.9 Å². The molecule has 0 aliphatic carbocycles.